The number of sulfone groups is 1. The van der Waals surface area contributed by atoms with Crippen molar-refractivity contribution in [2.45, 2.75) is 63.2 Å². The first-order valence-electron chi connectivity index (χ1n) is 12.9. The van der Waals surface area contributed by atoms with Crippen LogP contribution in [0.5, 0.6) is 0 Å². The zero-order valence-corrected chi connectivity index (χ0v) is 23.3. The molecule has 200 valence electrons. The second-order valence-corrected chi connectivity index (χ2v) is 13.5. The van der Waals surface area contributed by atoms with Crippen LogP contribution in [-0.4, -0.2) is 59.4 Å². The number of carbonyl (C=O) groups is 1. The highest BCUT2D eigenvalue weighted by molar-refractivity contribution is 7.90. The average Bonchev–Trinajstić information content (AvgIpc) is 3.41. The Balaban J connectivity index is 1.32. The number of nitrogens with zero attached hydrogens (tertiary/aromatic N) is 4. The Hall–Kier alpha value is -3.02. The summed E-state index contributed by atoms with van der Waals surface area (Å²) in [6, 6.07) is 9.28. The Labute approximate surface area is 226 Å². The van der Waals surface area contributed by atoms with Crippen molar-refractivity contribution in [1.29, 1.82) is 0 Å². The fourth-order valence-electron chi connectivity index (χ4n) is 5.52. The number of hydrogen-bond acceptors (Lipinski definition) is 9. The van der Waals surface area contributed by atoms with Crippen LogP contribution in [0, 0.1) is 12.8 Å². The van der Waals surface area contributed by atoms with Crippen LogP contribution >= 0.6 is 11.3 Å². The van der Waals surface area contributed by atoms with Crippen LogP contribution in [0.25, 0.3) is 10.4 Å². The van der Waals surface area contributed by atoms with Gasteiger partial charge in [0.2, 0.25) is 0 Å². The van der Waals surface area contributed by atoms with E-state index in [1.165, 1.54) is 11.3 Å². The van der Waals surface area contributed by atoms with E-state index in [0.717, 1.165) is 60.2 Å². The molecular weight excluding hydrogens is 522 g/mol. The zero-order chi connectivity index (χ0) is 26.8. The van der Waals surface area contributed by atoms with Crippen LogP contribution in [0.1, 0.15) is 54.2 Å². The Kier molecular flexibility index (Phi) is 6.20. The number of aliphatic hydroxyl groups excluding tert-OH is 1. The third-order valence-corrected chi connectivity index (χ3v) is 9.98. The third kappa shape index (κ3) is 4.56. The van der Waals surface area contributed by atoms with Gasteiger partial charge in [0.1, 0.15) is 17.9 Å². The number of aromatic nitrogens is 2. The Morgan fingerprint density at radius 1 is 1.18 bits per heavy atom. The maximum absolute atomic E-state index is 13.3. The average molecular weight is 554 g/mol. The molecule has 1 aliphatic carbocycles. The fourth-order valence-corrected chi connectivity index (χ4v) is 7.41. The highest BCUT2D eigenvalue weighted by atomic mass is 32.2. The van der Waals surface area contributed by atoms with E-state index in [-0.39, 0.29) is 16.8 Å². The van der Waals surface area contributed by atoms with E-state index in [0.29, 0.717) is 34.8 Å². The summed E-state index contributed by atoms with van der Waals surface area (Å²) in [5.41, 5.74) is 2.56. The third-order valence-electron chi connectivity index (χ3n) is 7.74. The number of hydrogen-bond donors (Lipinski definition) is 2. The largest absolute Gasteiger partial charge is 0.374 e. The summed E-state index contributed by atoms with van der Waals surface area (Å²) in [7, 11) is -3.63. The van der Waals surface area contributed by atoms with Crippen molar-refractivity contribution in [3.05, 3.63) is 47.2 Å². The fraction of sp³-hybridized carbons (Fsp3) is 0.444. The van der Waals surface area contributed by atoms with Gasteiger partial charge in [0.25, 0.3) is 5.91 Å². The van der Waals surface area contributed by atoms with Crippen molar-refractivity contribution < 1.29 is 18.3 Å². The summed E-state index contributed by atoms with van der Waals surface area (Å²) >= 11 is 1.42. The van der Waals surface area contributed by atoms with Gasteiger partial charge >= 0.3 is 0 Å². The van der Waals surface area contributed by atoms with Crippen molar-refractivity contribution in [3.8, 4) is 10.4 Å². The van der Waals surface area contributed by atoms with Crippen LogP contribution in [0.4, 0.5) is 16.8 Å². The SMILES string of the molecule is Cc1nc(Nc2cccc(N3CCCC3O)n2)sc1-c1cc2c(c(S(C)(=O)=O)c1)C(=O)N([C@@H](C)C1CC1)C2. The first-order chi connectivity index (χ1) is 18.1. The lowest BCUT2D eigenvalue weighted by Crippen LogP contribution is -2.35. The number of anilines is 3. The molecule has 3 aromatic rings. The molecule has 2 fully saturated rings. The van der Waals surface area contributed by atoms with E-state index in [1.807, 2.05) is 41.0 Å². The van der Waals surface area contributed by atoms with E-state index in [2.05, 4.69) is 22.2 Å². The summed E-state index contributed by atoms with van der Waals surface area (Å²) in [5.74, 6) is 1.62. The highest BCUT2D eigenvalue weighted by Crippen LogP contribution is 2.42. The Morgan fingerprint density at radius 2 is 1.97 bits per heavy atom. The Bertz CT molecular complexity index is 1530. The summed E-state index contributed by atoms with van der Waals surface area (Å²) in [4.78, 5) is 27.3. The van der Waals surface area contributed by atoms with E-state index in [9.17, 15) is 18.3 Å². The maximum Gasteiger partial charge on any atom is 0.256 e. The monoisotopic (exact) mass is 553 g/mol. The Morgan fingerprint density at radius 3 is 2.66 bits per heavy atom. The lowest BCUT2D eigenvalue weighted by Gasteiger charge is -2.24. The molecule has 1 aromatic carbocycles. The number of benzene rings is 1. The molecule has 2 N–H and O–H groups in total. The molecule has 3 aliphatic rings. The molecule has 1 saturated heterocycles. The molecule has 0 spiro atoms. The quantitative estimate of drug-likeness (QED) is 0.444. The van der Waals surface area contributed by atoms with E-state index in [1.54, 1.807) is 6.07 Å². The normalized spacial score (nSPS) is 20.2. The predicted molar refractivity (Wildman–Crippen MR) is 148 cm³/mol. The van der Waals surface area contributed by atoms with Crippen LogP contribution in [-0.2, 0) is 16.4 Å². The first-order valence-corrected chi connectivity index (χ1v) is 15.7. The molecule has 2 aliphatic heterocycles. The van der Waals surface area contributed by atoms with Gasteiger partial charge < -0.3 is 20.2 Å². The lowest BCUT2D eigenvalue weighted by molar-refractivity contribution is 0.0694. The minimum Gasteiger partial charge on any atom is -0.374 e. The van der Waals surface area contributed by atoms with Crippen LogP contribution in [0.15, 0.2) is 35.2 Å². The minimum absolute atomic E-state index is 0.0846. The molecule has 1 unspecified atom stereocenters. The van der Waals surface area contributed by atoms with Crippen molar-refractivity contribution >= 4 is 43.8 Å². The molecule has 2 atom stereocenters. The topological polar surface area (TPSA) is 116 Å². The lowest BCUT2D eigenvalue weighted by atomic mass is 10.0. The van der Waals surface area contributed by atoms with Crippen LogP contribution < -0.4 is 10.2 Å². The minimum atomic E-state index is -3.63. The zero-order valence-electron chi connectivity index (χ0n) is 21.6. The second kappa shape index (κ2) is 9.32. The molecule has 11 heteroatoms. The van der Waals surface area contributed by atoms with Gasteiger partial charge in [0, 0.05) is 25.4 Å². The number of aliphatic hydroxyl groups is 1. The summed E-state index contributed by atoms with van der Waals surface area (Å²) in [6.45, 7) is 5.13. The predicted octanol–water partition coefficient (Wildman–Crippen LogP) is 4.33. The van der Waals surface area contributed by atoms with Gasteiger partial charge in [-0.05, 0) is 80.8 Å². The number of carbonyl (C=O) groups excluding carboxylic acids is 1. The summed E-state index contributed by atoms with van der Waals surface area (Å²) < 4.78 is 25.6. The molecule has 0 bridgehead atoms. The molecular formula is C27H31N5O4S2. The number of nitrogens with one attached hydrogen (secondary N) is 1. The number of aryl methyl sites for hydroxylation is 1. The second-order valence-electron chi connectivity index (χ2n) is 10.5. The van der Waals surface area contributed by atoms with E-state index < -0.39 is 16.1 Å². The smallest absolute Gasteiger partial charge is 0.256 e. The first kappa shape index (κ1) is 25.3. The van der Waals surface area contributed by atoms with Crippen molar-refractivity contribution in [2.75, 3.05) is 23.0 Å². The van der Waals surface area contributed by atoms with Gasteiger partial charge in [-0.3, -0.25) is 4.79 Å². The highest BCUT2D eigenvalue weighted by Gasteiger charge is 2.41. The van der Waals surface area contributed by atoms with Crippen LogP contribution in [0.3, 0.4) is 0 Å². The molecule has 6 rings (SSSR count). The van der Waals surface area contributed by atoms with E-state index >= 15 is 0 Å². The number of fused-ring (bicyclic) bond motifs is 1. The van der Waals surface area contributed by atoms with Gasteiger partial charge in [-0.2, -0.15) is 0 Å². The van der Waals surface area contributed by atoms with Gasteiger partial charge in [-0.25, -0.2) is 18.4 Å². The van der Waals surface area contributed by atoms with Gasteiger partial charge in [-0.1, -0.05) is 17.4 Å². The van der Waals surface area contributed by atoms with Crippen molar-refractivity contribution in [2.24, 2.45) is 5.92 Å². The molecule has 38 heavy (non-hydrogen) atoms. The number of thiazole rings is 1. The number of pyridine rings is 1. The van der Waals surface area contributed by atoms with Crippen molar-refractivity contribution in [3.63, 3.8) is 0 Å². The van der Waals surface area contributed by atoms with E-state index in [4.69, 9.17) is 0 Å². The standard InChI is InChI=1S/C27H31N5O4S2/c1-15-25(37-27(28-15)30-21-6-4-7-22(29-21)31-11-5-8-23(31)33)18-12-19-14-32(16(2)17-9-10-17)26(34)24(19)20(13-18)38(3,35)36/h4,6-7,12-13,16-17,23,33H,5,8-11,14H2,1-3H3,(H,28,29,30)/t16-,23?/m0/s1. The molecule has 0 radical (unpaired) electrons. The summed E-state index contributed by atoms with van der Waals surface area (Å²) in [6.07, 6.45) is 4.51. The molecule has 4 heterocycles. The number of rotatable bonds is 7. The van der Waals surface area contributed by atoms with Crippen LogP contribution in [0.2, 0.25) is 0 Å². The van der Waals surface area contributed by atoms with Gasteiger partial charge in [0.05, 0.1) is 21.0 Å². The summed E-state index contributed by atoms with van der Waals surface area (Å²) in [5, 5.41) is 14.1. The molecule has 2 aromatic heterocycles. The van der Waals surface area contributed by atoms with Crippen molar-refractivity contribution in [1.82, 2.24) is 14.9 Å². The van der Waals surface area contributed by atoms with Gasteiger partial charge in [-0.15, -0.1) is 0 Å². The molecule has 1 amide bonds. The molecule has 1 saturated carbocycles. The maximum atomic E-state index is 13.3. The molecule has 9 nitrogen and oxygen atoms in total. The van der Waals surface area contributed by atoms with Gasteiger partial charge in [0.15, 0.2) is 15.0 Å². The number of amides is 1.